The van der Waals surface area contributed by atoms with Crippen molar-refractivity contribution in [3.05, 3.63) is 35.4 Å². The summed E-state index contributed by atoms with van der Waals surface area (Å²) >= 11 is 0. The number of benzene rings is 1. The van der Waals surface area contributed by atoms with Gasteiger partial charge in [0.15, 0.2) is 0 Å². The summed E-state index contributed by atoms with van der Waals surface area (Å²) in [4.78, 5) is 12.7. The smallest absolute Gasteiger partial charge is 0.338 e. The Labute approximate surface area is 97.0 Å². The first-order valence-electron chi connectivity index (χ1n) is 5.37. The summed E-state index contributed by atoms with van der Waals surface area (Å²) < 4.78 is 36.3. The quantitative estimate of drug-likeness (QED) is 0.742. The molecule has 0 fully saturated rings. The van der Waals surface area contributed by atoms with E-state index in [9.17, 15) is 18.0 Å². The van der Waals surface area contributed by atoms with Gasteiger partial charge in [-0.3, -0.25) is 4.79 Å². The highest BCUT2D eigenvalue weighted by Crippen LogP contribution is 2.24. The van der Waals surface area contributed by atoms with Crippen LogP contribution in [0, 0.1) is 0 Å². The molecule has 2 rings (SSSR count). The Morgan fingerprint density at radius 2 is 1.88 bits per heavy atom. The SMILES string of the molecule is O=C(CC(F)(F)F)N1CCc2ccccc2C1. The van der Waals surface area contributed by atoms with Gasteiger partial charge in [0.1, 0.15) is 6.42 Å². The predicted octanol–water partition coefficient (Wildman–Crippen LogP) is 2.52. The van der Waals surface area contributed by atoms with Crippen LogP contribution < -0.4 is 0 Å². The number of hydrogen-bond acceptors (Lipinski definition) is 1. The van der Waals surface area contributed by atoms with Gasteiger partial charge in [0.05, 0.1) is 0 Å². The molecule has 0 N–H and O–H groups in total. The average molecular weight is 243 g/mol. The van der Waals surface area contributed by atoms with Gasteiger partial charge >= 0.3 is 6.18 Å². The molecule has 1 amide bonds. The number of nitrogens with zero attached hydrogens (tertiary/aromatic N) is 1. The molecule has 0 unspecified atom stereocenters. The van der Waals surface area contributed by atoms with Crippen LogP contribution in [0.15, 0.2) is 24.3 Å². The molecule has 5 heteroatoms. The monoisotopic (exact) mass is 243 g/mol. The van der Waals surface area contributed by atoms with Crippen molar-refractivity contribution in [2.24, 2.45) is 0 Å². The topological polar surface area (TPSA) is 20.3 Å². The van der Waals surface area contributed by atoms with Crippen molar-refractivity contribution in [2.75, 3.05) is 6.54 Å². The van der Waals surface area contributed by atoms with Gasteiger partial charge in [-0.15, -0.1) is 0 Å². The Bertz CT molecular complexity index is 428. The van der Waals surface area contributed by atoms with Gasteiger partial charge in [-0.2, -0.15) is 13.2 Å². The van der Waals surface area contributed by atoms with Gasteiger partial charge in [0, 0.05) is 13.1 Å². The van der Waals surface area contributed by atoms with Crippen LogP contribution in [0.1, 0.15) is 17.5 Å². The summed E-state index contributed by atoms with van der Waals surface area (Å²) in [7, 11) is 0. The number of amides is 1. The molecule has 0 aliphatic carbocycles. The summed E-state index contributed by atoms with van der Waals surface area (Å²) in [6.45, 7) is 0.650. The Morgan fingerprint density at radius 1 is 1.24 bits per heavy atom. The van der Waals surface area contributed by atoms with Gasteiger partial charge in [-0.25, -0.2) is 0 Å². The maximum Gasteiger partial charge on any atom is 0.397 e. The lowest BCUT2D eigenvalue weighted by atomic mass is 10.00. The van der Waals surface area contributed by atoms with Crippen LogP contribution in [-0.2, 0) is 17.8 Å². The van der Waals surface area contributed by atoms with E-state index in [0.717, 1.165) is 11.1 Å². The molecule has 0 radical (unpaired) electrons. The molecule has 0 saturated carbocycles. The molecule has 0 bridgehead atoms. The second kappa shape index (κ2) is 4.39. The van der Waals surface area contributed by atoms with Crippen LogP contribution in [0.5, 0.6) is 0 Å². The summed E-state index contributed by atoms with van der Waals surface area (Å²) in [5.41, 5.74) is 2.05. The van der Waals surface area contributed by atoms with E-state index in [1.54, 1.807) is 0 Å². The Hall–Kier alpha value is -1.52. The van der Waals surface area contributed by atoms with Crippen LogP contribution >= 0.6 is 0 Å². The zero-order valence-corrected chi connectivity index (χ0v) is 9.13. The molecule has 17 heavy (non-hydrogen) atoms. The predicted molar refractivity (Wildman–Crippen MR) is 56.2 cm³/mol. The van der Waals surface area contributed by atoms with E-state index >= 15 is 0 Å². The minimum Gasteiger partial charge on any atom is -0.338 e. The van der Waals surface area contributed by atoms with Crippen molar-refractivity contribution in [3.8, 4) is 0 Å². The van der Waals surface area contributed by atoms with Crippen molar-refractivity contribution in [1.82, 2.24) is 4.90 Å². The first kappa shape index (κ1) is 12.0. The largest absolute Gasteiger partial charge is 0.397 e. The van der Waals surface area contributed by atoms with E-state index < -0.39 is 18.5 Å². The molecule has 0 saturated heterocycles. The molecule has 0 atom stereocenters. The standard InChI is InChI=1S/C12H12F3NO/c13-12(14,15)7-11(17)16-6-5-9-3-1-2-4-10(9)8-16/h1-4H,5-8H2. The third-order valence-electron chi connectivity index (χ3n) is 2.84. The highest BCUT2D eigenvalue weighted by molar-refractivity contribution is 5.77. The van der Waals surface area contributed by atoms with Gasteiger partial charge in [0.2, 0.25) is 5.91 Å². The summed E-state index contributed by atoms with van der Waals surface area (Å²) in [6, 6.07) is 7.52. The Morgan fingerprint density at radius 3 is 2.53 bits per heavy atom. The first-order valence-corrected chi connectivity index (χ1v) is 5.37. The van der Waals surface area contributed by atoms with Gasteiger partial charge in [-0.05, 0) is 17.5 Å². The van der Waals surface area contributed by atoms with Gasteiger partial charge in [0.25, 0.3) is 0 Å². The third kappa shape index (κ3) is 2.99. The van der Waals surface area contributed by atoms with Crippen LogP contribution in [0.25, 0.3) is 0 Å². The fraction of sp³-hybridized carbons (Fsp3) is 0.417. The molecule has 0 spiro atoms. The van der Waals surface area contributed by atoms with Crippen LogP contribution in [0.3, 0.4) is 0 Å². The van der Waals surface area contributed by atoms with Crippen molar-refractivity contribution >= 4 is 5.91 Å². The highest BCUT2D eigenvalue weighted by Gasteiger charge is 2.34. The summed E-state index contributed by atoms with van der Waals surface area (Å²) in [5, 5.41) is 0. The van der Waals surface area contributed by atoms with E-state index in [2.05, 4.69) is 0 Å². The van der Waals surface area contributed by atoms with Gasteiger partial charge in [-0.1, -0.05) is 24.3 Å². The van der Waals surface area contributed by atoms with E-state index in [4.69, 9.17) is 0 Å². The number of carbonyl (C=O) groups is 1. The number of rotatable bonds is 1. The molecular formula is C12H12F3NO. The Balaban J connectivity index is 2.05. The highest BCUT2D eigenvalue weighted by atomic mass is 19.4. The molecule has 1 heterocycles. The molecule has 92 valence electrons. The summed E-state index contributed by atoms with van der Waals surface area (Å²) in [6.07, 6.45) is -5.16. The average Bonchev–Trinajstić information content (AvgIpc) is 2.26. The fourth-order valence-corrected chi connectivity index (χ4v) is 1.99. The van der Waals surface area contributed by atoms with Crippen molar-refractivity contribution in [2.45, 2.75) is 25.6 Å². The lowest BCUT2D eigenvalue weighted by molar-refractivity contribution is -0.162. The lowest BCUT2D eigenvalue weighted by Crippen LogP contribution is -2.38. The van der Waals surface area contributed by atoms with E-state index in [-0.39, 0.29) is 6.54 Å². The van der Waals surface area contributed by atoms with Crippen LogP contribution in [0.2, 0.25) is 0 Å². The molecule has 2 nitrogen and oxygen atoms in total. The molecule has 1 aromatic carbocycles. The normalized spacial score (nSPS) is 15.6. The number of halogens is 3. The minimum absolute atomic E-state index is 0.283. The second-order valence-corrected chi connectivity index (χ2v) is 4.13. The van der Waals surface area contributed by atoms with Crippen LogP contribution in [0.4, 0.5) is 13.2 Å². The Kier molecular flexibility index (Phi) is 3.09. The molecule has 1 aromatic rings. The number of fused-ring (bicyclic) bond motifs is 1. The number of alkyl halides is 3. The number of carbonyl (C=O) groups excluding carboxylic acids is 1. The zero-order valence-electron chi connectivity index (χ0n) is 9.13. The maximum absolute atomic E-state index is 12.1. The lowest BCUT2D eigenvalue weighted by Gasteiger charge is -2.29. The molecular weight excluding hydrogens is 231 g/mol. The van der Waals surface area contributed by atoms with E-state index in [1.807, 2.05) is 24.3 Å². The van der Waals surface area contributed by atoms with Crippen LogP contribution in [-0.4, -0.2) is 23.5 Å². The first-order chi connectivity index (χ1) is 7.96. The third-order valence-corrected chi connectivity index (χ3v) is 2.84. The van der Waals surface area contributed by atoms with Crippen molar-refractivity contribution in [1.29, 1.82) is 0 Å². The van der Waals surface area contributed by atoms with E-state index in [0.29, 0.717) is 13.0 Å². The van der Waals surface area contributed by atoms with Crippen molar-refractivity contribution in [3.63, 3.8) is 0 Å². The molecule has 1 aliphatic rings. The fourth-order valence-electron chi connectivity index (χ4n) is 1.99. The second-order valence-electron chi connectivity index (χ2n) is 4.13. The maximum atomic E-state index is 12.1. The van der Waals surface area contributed by atoms with Gasteiger partial charge < -0.3 is 4.90 Å². The molecule has 1 aliphatic heterocycles. The zero-order chi connectivity index (χ0) is 12.5. The minimum atomic E-state index is -4.42. The summed E-state index contributed by atoms with van der Waals surface area (Å²) in [5.74, 6) is -0.841. The van der Waals surface area contributed by atoms with Crippen molar-refractivity contribution < 1.29 is 18.0 Å². The molecule has 0 aromatic heterocycles. The van der Waals surface area contributed by atoms with E-state index in [1.165, 1.54) is 4.90 Å². The number of hydrogen-bond donors (Lipinski definition) is 0.